The molecule has 3 heteroatoms. The normalized spacial score (nSPS) is 10.7. The zero-order chi connectivity index (χ0) is 20.8. The van der Waals surface area contributed by atoms with E-state index in [1.807, 2.05) is 26.0 Å². The van der Waals surface area contributed by atoms with Crippen molar-refractivity contribution in [3.8, 4) is 28.0 Å². The zero-order valence-corrected chi connectivity index (χ0v) is 17.4. The highest BCUT2D eigenvalue weighted by molar-refractivity contribution is 5.90. The molecule has 0 aliphatic heterocycles. The van der Waals surface area contributed by atoms with E-state index in [-0.39, 0.29) is 0 Å². The van der Waals surface area contributed by atoms with E-state index < -0.39 is 5.97 Å². The van der Waals surface area contributed by atoms with E-state index in [0.29, 0.717) is 5.56 Å². The molecule has 3 nitrogen and oxygen atoms in total. The standard InChI is InChI=1S/C26H28O3/c1-4-5-6-15-29-24-13-11-21(12-14-24)20-7-9-22(10-8-20)25-18(2)16-23(26(27)28)17-19(25)3/h7-14,16-17H,4-6,15H2,1-3H3,(H,27,28). The quantitative estimate of drug-likeness (QED) is 0.427. The van der Waals surface area contributed by atoms with Gasteiger partial charge >= 0.3 is 5.97 Å². The predicted molar refractivity (Wildman–Crippen MR) is 119 cm³/mol. The molecule has 0 heterocycles. The van der Waals surface area contributed by atoms with Crippen molar-refractivity contribution in [3.05, 3.63) is 77.4 Å². The van der Waals surface area contributed by atoms with Crippen LogP contribution in [0.1, 0.15) is 47.7 Å². The smallest absolute Gasteiger partial charge is 0.335 e. The summed E-state index contributed by atoms with van der Waals surface area (Å²) in [6, 6.07) is 20.1. The highest BCUT2D eigenvalue weighted by Gasteiger charge is 2.11. The number of rotatable bonds is 8. The molecule has 3 rings (SSSR count). The Morgan fingerprint density at radius 2 is 1.34 bits per heavy atom. The van der Waals surface area contributed by atoms with Gasteiger partial charge in [0.2, 0.25) is 0 Å². The molecule has 0 amide bonds. The monoisotopic (exact) mass is 388 g/mol. The van der Waals surface area contributed by atoms with Gasteiger partial charge < -0.3 is 9.84 Å². The van der Waals surface area contributed by atoms with Gasteiger partial charge in [-0.15, -0.1) is 0 Å². The summed E-state index contributed by atoms with van der Waals surface area (Å²) in [7, 11) is 0. The Balaban J connectivity index is 1.76. The summed E-state index contributed by atoms with van der Waals surface area (Å²) in [4.78, 5) is 11.3. The highest BCUT2D eigenvalue weighted by Crippen LogP contribution is 2.31. The molecular formula is C26H28O3. The Morgan fingerprint density at radius 1 is 0.828 bits per heavy atom. The van der Waals surface area contributed by atoms with Gasteiger partial charge in [0.15, 0.2) is 0 Å². The minimum absolute atomic E-state index is 0.331. The van der Waals surface area contributed by atoms with E-state index in [1.165, 1.54) is 12.8 Å². The number of carbonyl (C=O) groups is 1. The second-order valence-electron chi connectivity index (χ2n) is 7.45. The van der Waals surface area contributed by atoms with Crippen LogP contribution in [0.5, 0.6) is 5.75 Å². The number of ether oxygens (including phenoxy) is 1. The van der Waals surface area contributed by atoms with Gasteiger partial charge in [0.05, 0.1) is 12.2 Å². The molecule has 3 aromatic carbocycles. The van der Waals surface area contributed by atoms with Crippen LogP contribution in [0.4, 0.5) is 0 Å². The van der Waals surface area contributed by atoms with Crippen molar-refractivity contribution in [2.45, 2.75) is 40.0 Å². The van der Waals surface area contributed by atoms with Crippen molar-refractivity contribution in [1.82, 2.24) is 0 Å². The first-order valence-electron chi connectivity index (χ1n) is 10.2. The Hall–Kier alpha value is -3.07. The Morgan fingerprint density at radius 3 is 1.86 bits per heavy atom. The van der Waals surface area contributed by atoms with Gasteiger partial charge in [0, 0.05) is 0 Å². The summed E-state index contributed by atoms with van der Waals surface area (Å²) >= 11 is 0. The molecule has 0 unspecified atom stereocenters. The van der Waals surface area contributed by atoms with E-state index in [0.717, 1.165) is 52.2 Å². The average Bonchev–Trinajstić information content (AvgIpc) is 2.72. The fourth-order valence-electron chi connectivity index (χ4n) is 3.66. The first-order chi connectivity index (χ1) is 14.0. The Kier molecular flexibility index (Phi) is 6.71. The Bertz CT molecular complexity index is 947. The van der Waals surface area contributed by atoms with Gasteiger partial charge in [-0.25, -0.2) is 4.79 Å². The van der Waals surface area contributed by atoms with Crippen LogP contribution in [0.15, 0.2) is 60.7 Å². The number of carboxylic acid groups (broad SMARTS) is 1. The van der Waals surface area contributed by atoms with Crippen LogP contribution in [0.3, 0.4) is 0 Å². The fourth-order valence-corrected chi connectivity index (χ4v) is 3.66. The second kappa shape index (κ2) is 9.42. The molecular weight excluding hydrogens is 360 g/mol. The van der Waals surface area contributed by atoms with E-state index in [4.69, 9.17) is 4.74 Å². The van der Waals surface area contributed by atoms with Crippen LogP contribution >= 0.6 is 0 Å². The summed E-state index contributed by atoms with van der Waals surface area (Å²) < 4.78 is 5.79. The number of hydrogen-bond acceptors (Lipinski definition) is 2. The molecule has 0 bridgehead atoms. The molecule has 0 radical (unpaired) electrons. The third-order valence-corrected chi connectivity index (χ3v) is 5.16. The lowest BCUT2D eigenvalue weighted by Crippen LogP contribution is -1.99. The van der Waals surface area contributed by atoms with Gasteiger partial charge in [-0.05, 0) is 77.9 Å². The van der Waals surface area contributed by atoms with Gasteiger partial charge in [-0.1, -0.05) is 56.2 Å². The van der Waals surface area contributed by atoms with Crippen molar-refractivity contribution >= 4 is 5.97 Å². The summed E-state index contributed by atoms with van der Waals surface area (Å²) in [6.45, 7) is 6.87. The fraction of sp³-hybridized carbons (Fsp3) is 0.269. The largest absolute Gasteiger partial charge is 0.494 e. The zero-order valence-electron chi connectivity index (χ0n) is 17.4. The maximum absolute atomic E-state index is 11.3. The van der Waals surface area contributed by atoms with Crippen LogP contribution in [-0.4, -0.2) is 17.7 Å². The molecule has 0 saturated carbocycles. The van der Waals surface area contributed by atoms with Gasteiger partial charge in [-0.3, -0.25) is 0 Å². The summed E-state index contributed by atoms with van der Waals surface area (Å²) in [5, 5.41) is 9.24. The van der Waals surface area contributed by atoms with Gasteiger partial charge in [-0.2, -0.15) is 0 Å². The number of carboxylic acids is 1. The van der Waals surface area contributed by atoms with Crippen LogP contribution in [0.2, 0.25) is 0 Å². The molecule has 3 aromatic rings. The molecule has 150 valence electrons. The molecule has 0 atom stereocenters. The number of hydrogen-bond donors (Lipinski definition) is 1. The second-order valence-corrected chi connectivity index (χ2v) is 7.45. The lowest BCUT2D eigenvalue weighted by Gasteiger charge is -2.13. The van der Waals surface area contributed by atoms with Crippen molar-refractivity contribution in [2.75, 3.05) is 6.61 Å². The molecule has 0 fully saturated rings. The number of benzene rings is 3. The Labute approximate surface area is 173 Å². The van der Waals surface area contributed by atoms with Gasteiger partial charge in [0.1, 0.15) is 5.75 Å². The van der Waals surface area contributed by atoms with Crippen LogP contribution < -0.4 is 4.74 Å². The first-order valence-corrected chi connectivity index (χ1v) is 10.2. The summed E-state index contributed by atoms with van der Waals surface area (Å²) in [5.41, 5.74) is 6.75. The molecule has 0 spiro atoms. The van der Waals surface area contributed by atoms with Crippen molar-refractivity contribution < 1.29 is 14.6 Å². The topological polar surface area (TPSA) is 46.5 Å². The van der Waals surface area contributed by atoms with E-state index >= 15 is 0 Å². The van der Waals surface area contributed by atoms with Crippen LogP contribution in [0, 0.1) is 13.8 Å². The van der Waals surface area contributed by atoms with E-state index in [9.17, 15) is 9.90 Å². The molecule has 0 aliphatic rings. The van der Waals surface area contributed by atoms with Crippen molar-refractivity contribution in [3.63, 3.8) is 0 Å². The van der Waals surface area contributed by atoms with Crippen LogP contribution in [-0.2, 0) is 0 Å². The predicted octanol–water partition coefficient (Wildman–Crippen LogP) is 6.90. The lowest BCUT2D eigenvalue weighted by molar-refractivity contribution is 0.0696. The number of aromatic carboxylic acids is 1. The lowest BCUT2D eigenvalue weighted by atomic mass is 9.92. The highest BCUT2D eigenvalue weighted by atomic mass is 16.5. The van der Waals surface area contributed by atoms with Gasteiger partial charge in [0.25, 0.3) is 0 Å². The minimum atomic E-state index is -0.893. The minimum Gasteiger partial charge on any atom is -0.494 e. The van der Waals surface area contributed by atoms with Crippen molar-refractivity contribution in [2.24, 2.45) is 0 Å². The maximum atomic E-state index is 11.3. The van der Waals surface area contributed by atoms with E-state index in [2.05, 4.69) is 43.3 Å². The molecule has 1 N–H and O–H groups in total. The third-order valence-electron chi connectivity index (χ3n) is 5.16. The number of unbranched alkanes of at least 4 members (excludes halogenated alkanes) is 2. The van der Waals surface area contributed by atoms with E-state index in [1.54, 1.807) is 12.1 Å². The van der Waals surface area contributed by atoms with Crippen molar-refractivity contribution in [1.29, 1.82) is 0 Å². The summed E-state index contributed by atoms with van der Waals surface area (Å²) in [5.74, 6) is 0.0159. The third kappa shape index (κ3) is 5.05. The molecule has 0 aliphatic carbocycles. The SMILES string of the molecule is CCCCCOc1ccc(-c2ccc(-c3c(C)cc(C(=O)O)cc3C)cc2)cc1. The average molecular weight is 389 g/mol. The maximum Gasteiger partial charge on any atom is 0.335 e. The van der Waals surface area contributed by atoms with Crippen LogP contribution in [0.25, 0.3) is 22.3 Å². The number of aryl methyl sites for hydroxylation is 2. The first kappa shape index (κ1) is 20.7. The molecule has 0 saturated heterocycles. The summed E-state index contributed by atoms with van der Waals surface area (Å²) in [6.07, 6.45) is 3.48. The molecule has 29 heavy (non-hydrogen) atoms. The molecule has 0 aromatic heterocycles.